The number of carbonyl (C=O) groups is 1. The molecular weight excluding hydrogens is 347 g/mol. The number of aromatic nitrogens is 1. The third-order valence-corrected chi connectivity index (χ3v) is 4.55. The van der Waals surface area contributed by atoms with Crippen LogP contribution in [0, 0.1) is 0 Å². The van der Waals surface area contributed by atoms with Gasteiger partial charge < -0.3 is 14.6 Å². The Bertz CT molecular complexity index is 728. The van der Waals surface area contributed by atoms with E-state index in [1.165, 1.54) is 0 Å². The molecule has 1 amide bonds. The Labute approximate surface area is 152 Å². The standard InChI is InChI=1S/C18H22Cl2N2O2/c1-18(2,20)11-24-14-5-7-22(8-6-14)17(23)16-10-12-9-13(19)3-4-15(12)21-16/h3-4,9-10,14,21H,5-8,11H2,1-2H3. The molecule has 0 aliphatic carbocycles. The van der Waals surface area contributed by atoms with E-state index in [0.717, 1.165) is 23.7 Å². The van der Waals surface area contributed by atoms with E-state index in [9.17, 15) is 4.79 Å². The second-order valence-corrected chi connectivity index (χ2v) is 8.40. The number of piperidine rings is 1. The summed E-state index contributed by atoms with van der Waals surface area (Å²) in [6.45, 7) is 5.80. The molecule has 130 valence electrons. The molecule has 1 aliphatic rings. The molecule has 0 radical (unpaired) electrons. The smallest absolute Gasteiger partial charge is 0.270 e. The van der Waals surface area contributed by atoms with Gasteiger partial charge in [0.25, 0.3) is 5.91 Å². The van der Waals surface area contributed by atoms with Gasteiger partial charge in [-0.05, 0) is 51.0 Å². The maximum atomic E-state index is 12.7. The molecule has 1 saturated heterocycles. The minimum atomic E-state index is -0.349. The van der Waals surface area contributed by atoms with Crippen LogP contribution < -0.4 is 0 Å². The lowest BCUT2D eigenvalue weighted by molar-refractivity contribution is 0.00137. The van der Waals surface area contributed by atoms with Crippen LogP contribution in [0.25, 0.3) is 10.9 Å². The Morgan fingerprint density at radius 2 is 2.04 bits per heavy atom. The number of benzene rings is 1. The van der Waals surface area contributed by atoms with Gasteiger partial charge in [-0.25, -0.2) is 0 Å². The number of carbonyl (C=O) groups excluding carboxylic acids is 1. The molecule has 1 fully saturated rings. The SMILES string of the molecule is CC(C)(Cl)COC1CCN(C(=O)c2cc3cc(Cl)ccc3[nH]2)CC1. The molecule has 2 heterocycles. The number of rotatable bonds is 4. The zero-order valence-electron chi connectivity index (χ0n) is 13.9. The van der Waals surface area contributed by atoms with Crippen LogP contribution in [0.3, 0.4) is 0 Å². The van der Waals surface area contributed by atoms with Crippen molar-refractivity contribution in [2.75, 3.05) is 19.7 Å². The lowest BCUT2D eigenvalue weighted by Crippen LogP contribution is -2.41. The number of alkyl halides is 1. The van der Waals surface area contributed by atoms with E-state index in [0.29, 0.717) is 30.4 Å². The van der Waals surface area contributed by atoms with Gasteiger partial charge in [0.1, 0.15) is 5.69 Å². The summed E-state index contributed by atoms with van der Waals surface area (Å²) in [7, 11) is 0. The van der Waals surface area contributed by atoms with Gasteiger partial charge in [0, 0.05) is 29.0 Å². The topological polar surface area (TPSA) is 45.3 Å². The van der Waals surface area contributed by atoms with Crippen molar-refractivity contribution in [3.05, 3.63) is 35.0 Å². The lowest BCUT2D eigenvalue weighted by atomic mass is 10.1. The van der Waals surface area contributed by atoms with Crippen LogP contribution in [-0.2, 0) is 4.74 Å². The molecule has 0 bridgehead atoms. The van der Waals surface area contributed by atoms with Gasteiger partial charge in [-0.2, -0.15) is 0 Å². The first kappa shape index (κ1) is 17.6. The summed E-state index contributed by atoms with van der Waals surface area (Å²) in [5, 5.41) is 1.62. The van der Waals surface area contributed by atoms with Crippen LogP contribution in [-0.4, -0.2) is 46.5 Å². The monoisotopic (exact) mass is 368 g/mol. The van der Waals surface area contributed by atoms with E-state index < -0.39 is 0 Å². The third kappa shape index (κ3) is 4.24. The van der Waals surface area contributed by atoms with Crippen LogP contribution in [0.4, 0.5) is 0 Å². The Morgan fingerprint density at radius 3 is 2.71 bits per heavy atom. The fourth-order valence-electron chi connectivity index (χ4n) is 2.93. The molecule has 1 N–H and O–H groups in total. The predicted molar refractivity (Wildman–Crippen MR) is 98.1 cm³/mol. The molecule has 4 nitrogen and oxygen atoms in total. The number of aromatic amines is 1. The molecular formula is C18H22Cl2N2O2. The molecule has 1 aromatic carbocycles. The fourth-order valence-corrected chi connectivity index (χ4v) is 3.17. The van der Waals surface area contributed by atoms with Crippen LogP contribution in [0.2, 0.25) is 5.02 Å². The normalized spacial score (nSPS) is 16.8. The van der Waals surface area contributed by atoms with E-state index in [1.54, 1.807) is 0 Å². The Morgan fingerprint density at radius 1 is 1.33 bits per heavy atom. The van der Waals surface area contributed by atoms with Gasteiger partial charge >= 0.3 is 0 Å². The third-order valence-electron chi connectivity index (χ3n) is 4.20. The molecule has 0 spiro atoms. The zero-order valence-corrected chi connectivity index (χ0v) is 15.5. The summed E-state index contributed by atoms with van der Waals surface area (Å²) in [6.07, 6.45) is 1.85. The van der Waals surface area contributed by atoms with Crippen LogP contribution >= 0.6 is 23.2 Å². The largest absolute Gasteiger partial charge is 0.376 e. The Balaban J connectivity index is 1.60. The molecule has 1 aliphatic heterocycles. The average Bonchev–Trinajstić information content (AvgIpc) is 2.95. The van der Waals surface area contributed by atoms with Crippen molar-refractivity contribution in [3.63, 3.8) is 0 Å². The van der Waals surface area contributed by atoms with E-state index in [-0.39, 0.29) is 16.9 Å². The second kappa shape index (κ2) is 6.95. The van der Waals surface area contributed by atoms with E-state index in [2.05, 4.69) is 4.98 Å². The quantitative estimate of drug-likeness (QED) is 0.809. The van der Waals surface area contributed by atoms with E-state index in [4.69, 9.17) is 27.9 Å². The summed E-state index contributed by atoms with van der Waals surface area (Å²) in [4.78, 5) is 17.4. The van der Waals surface area contributed by atoms with Crippen molar-refractivity contribution < 1.29 is 9.53 Å². The van der Waals surface area contributed by atoms with Crippen molar-refractivity contribution >= 4 is 40.0 Å². The Kier molecular flexibility index (Phi) is 5.09. The van der Waals surface area contributed by atoms with Gasteiger partial charge in [-0.15, -0.1) is 11.6 Å². The molecule has 3 rings (SSSR count). The fraction of sp³-hybridized carbons (Fsp3) is 0.500. The lowest BCUT2D eigenvalue weighted by Gasteiger charge is -2.32. The summed E-state index contributed by atoms with van der Waals surface area (Å²) >= 11 is 12.2. The predicted octanol–water partition coefficient (Wildman–Crippen LogP) is 4.46. The number of H-pyrrole nitrogens is 1. The molecule has 2 aromatic rings. The van der Waals surface area contributed by atoms with Crippen molar-refractivity contribution in [3.8, 4) is 0 Å². The van der Waals surface area contributed by atoms with Gasteiger partial charge in [-0.1, -0.05) is 11.6 Å². The average molecular weight is 369 g/mol. The number of hydrogen-bond donors (Lipinski definition) is 1. The number of hydrogen-bond acceptors (Lipinski definition) is 2. The van der Waals surface area contributed by atoms with Crippen LogP contribution in [0.15, 0.2) is 24.3 Å². The van der Waals surface area contributed by atoms with Gasteiger partial charge in [0.2, 0.25) is 0 Å². The first-order valence-electron chi connectivity index (χ1n) is 8.20. The van der Waals surface area contributed by atoms with Crippen LogP contribution in [0.5, 0.6) is 0 Å². The molecule has 0 saturated carbocycles. The number of likely N-dealkylation sites (tertiary alicyclic amines) is 1. The molecule has 1 aromatic heterocycles. The Hall–Kier alpha value is -1.23. The number of amides is 1. The second-order valence-electron chi connectivity index (χ2n) is 6.94. The van der Waals surface area contributed by atoms with Gasteiger partial charge in [0.15, 0.2) is 0 Å². The van der Waals surface area contributed by atoms with E-state index >= 15 is 0 Å². The van der Waals surface area contributed by atoms with E-state index in [1.807, 2.05) is 43.0 Å². The molecule has 6 heteroatoms. The summed E-state index contributed by atoms with van der Waals surface area (Å²) in [5.74, 6) is 0.0263. The number of nitrogens with zero attached hydrogens (tertiary/aromatic N) is 1. The highest BCUT2D eigenvalue weighted by Gasteiger charge is 2.26. The first-order chi connectivity index (χ1) is 11.3. The number of nitrogens with one attached hydrogen (secondary N) is 1. The summed E-state index contributed by atoms with van der Waals surface area (Å²) < 4.78 is 5.85. The molecule has 24 heavy (non-hydrogen) atoms. The maximum Gasteiger partial charge on any atom is 0.270 e. The van der Waals surface area contributed by atoms with Crippen molar-refractivity contribution in [2.45, 2.75) is 37.7 Å². The molecule has 0 atom stereocenters. The minimum absolute atomic E-state index is 0.0263. The first-order valence-corrected chi connectivity index (χ1v) is 8.95. The highest BCUT2D eigenvalue weighted by atomic mass is 35.5. The van der Waals surface area contributed by atoms with Crippen molar-refractivity contribution in [2.24, 2.45) is 0 Å². The van der Waals surface area contributed by atoms with Crippen molar-refractivity contribution in [1.29, 1.82) is 0 Å². The van der Waals surface area contributed by atoms with Gasteiger partial charge in [-0.3, -0.25) is 4.79 Å². The number of fused-ring (bicyclic) bond motifs is 1. The number of ether oxygens (including phenoxy) is 1. The maximum absolute atomic E-state index is 12.7. The summed E-state index contributed by atoms with van der Waals surface area (Å²) in [6, 6.07) is 7.43. The number of halogens is 2. The summed E-state index contributed by atoms with van der Waals surface area (Å²) in [5.41, 5.74) is 1.53. The zero-order chi connectivity index (χ0) is 17.3. The highest BCUT2D eigenvalue weighted by molar-refractivity contribution is 6.31. The molecule has 0 unspecified atom stereocenters. The van der Waals surface area contributed by atoms with Crippen molar-refractivity contribution in [1.82, 2.24) is 9.88 Å². The minimum Gasteiger partial charge on any atom is -0.376 e. The highest BCUT2D eigenvalue weighted by Crippen LogP contribution is 2.23. The van der Waals surface area contributed by atoms with Crippen LogP contribution in [0.1, 0.15) is 37.2 Å². The van der Waals surface area contributed by atoms with Gasteiger partial charge in [0.05, 0.1) is 17.6 Å².